The molecule has 4 aromatic rings. The number of benzene rings is 2. The number of thiophene rings is 2. The minimum absolute atomic E-state index is 0.828. The molecule has 2 aliphatic rings. The van der Waals surface area contributed by atoms with E-state index in [-0.39, 0.29) is 0 Å². The predicted octanol–water partition coefficient (Wildman–Crippen LogP) is 8.70. The molecule has 178 valence electrons. The first-order valence-corrected chi connectivity index (χ1v) is 16.3. The van der Waals surface area contributed by atoms with Gasteiger partial charge in [0.15, 0.2) is 0 Å². The molecule has 34 heavy (non-hydrogen) atoms. The molecule has 2 saturated carbocycles. The lowest BCUT2D eigenvalue weighted by atomic mass is 9.80. The highest BCUT2D eigenvalue weighted by atomic mass is 32.1. The molecule has 0 radical (unpaired) electrons. The zero-order chi connectivity index (χ0) is 22.9. The van der Waals surface area contributed by atoms with E-state index < -0.39 is 8.15 Å². The van der Waals surface area contributed by atoms with Crippen molar-refractivity contribution in [2.75, 3.05) is 0 Å². The van der Waals surface area contributed by atoms with Crippen LogP contribution in [0.15, 0.2) is 47.8 Å². The van der Waals surface area contributed by atoms with Gasteiger partial charge in [-0.25, -0.2) is 0 Å². The Morgan fingerprint density at radius 1 is 0.735 bits per heavy atom. The van der Waals surface area contributed by atoms with E-state index in [1.54, 1.807) is 11.1 Å². The van der Waals surface area contributed by atoms with Gasteiger partial charge >= 0.3 is 0 Å². The molecule has 0 saturated heterocycles. The van der Waals surface area contributed by atoms with Crippen LogP contribution in [0, 0.1) is 11.8 Å². The lowest BCUT2D eigenvalue weighted by molar-refractivity contribution is 0.348. The van der Waals surface area contributed by atoms with Crippen molar-refractivity contribution >= 4 is 60.9 Å². The van der Waals surface area contributed by atoms with Crippen LogP contribution >= 0.6 is 30.8 Å². The van der Waals surface area contributed by atoms with Gasteiger partial charge in [0, 0.05) is 25.5 Å². The van der Waals surface area contributed by atoms with Gasteiger partial charge < -0.3 is 4.89 Å². The van der Waals surface area contributed by atoms with Crippen LogP contribution in [-0.4, -0.2) is 4.89 Å². The fourth-order valence-corrected chi connectivity index (χ4v) is 10.3. The number of hydrogen-bond acceptors (Lipinski definition) is 3. The maximum atomic E-state index is 11.3. The van der Waals surface area contributed by atoms with Gasteiger partial charge in [0.05, 0.1) is 12.8 Å². The van der Waals surface area contributed by atoms with E-state index in [0.29, 0.717) is 0 Å². The monoisotopic (exact) mass is 506 g/mol. The summed E-state index contributed by atoms with van der Waals surface area (Å²) in [5.41, 5.74) is 3.32. The third-order valence-corrected chi connectivity index (χ3v) is 12.3. The molecule has 2 aliphatic carbocycles. The molecule has 4 heteroatoms. The maximum absolute atomic E-state index is 11.3. The summed E-state index contributed by atoms with van der Waals surface area (Å²) in [5.74, 6) is 1.68. The highest BCUT2D eigenvalue weighted by Gasteiger charge is 2.26. The molecule has 0 spiro atoms. The minimum Gasteiger partial charge on any atom is -0.363 e. The summed E-state index contributed by atoms with van der Waals surface area (Å²) in [6.45, 7) is 0. The Kier molecular flexibility index (Phi) is 7.08. The SMILES string of the molecule is OP(c1ccccc1)c1cc2c(s1)c(CC1CCCCC1)c(CC1CCCCC1)c1sccc12. The van der Waals surface area contributed by atoms with E-state index in [1.807, 2.05) is 40.9 Å². The Hall–Kier alpha value is -1.25. The van der Waals surface area contributed by atoms with Crippen LogP contribution in [0.2, 0.25) is 0 Å². The molecule has 1 nitrogen and oxygen atoms in total. The van der Waals surface area contributed by atoms with Crippen LogP contribution in [0.25, 0.3) is 20.2 Å². The van der Waals surface area contributed by atoms with E-state index in [1.165, 1.54) is 97.2 Å². The highest BCUT2D eigenvalue weighted by molar-refractivity contribution is 7.73. The average Bonchev–Trinajstić information content (AvgIpc) is 3.55. The zero-order valence-corrected chi connectivity index (χ0v) is 22.5. The van der Waals surface area contributed by atoms with Crippen molar-refractivity contribution in [3.63, 3.8) is 0 Å². The first-order valence-electron chi connectivity index (χ1n) is 13.3. The Morgan fingerprint density at radius 2 is 1.35 bits per heavy atom. The van der Waals surface area contributed by atoms with Crippen molar-refractivity contribution in [1.82, 2.24) is 0 Å². The van der Waals surface area contributed by atoms with Crippen molar-refractivity contribution in [2.24, 2.45) is 11.8 Å². The van der Waals surface area contributed by atoms with Gasteiger partial charge in [0.2, 0.25) is 0 Å². The van der Waals surface area contributed by atoms with Gasteiger partial charge in [0.25, 0.3) is 0 Å². The second kappa shape index (κ2) is 10.4. The lowest BCUT2D eigenvalue weighted by Crippen LogP contribution is -2.14. The largest absolute Gasteiger partial charge is 0.363 e. The summed E-state index contributed by atoms with van der Waals surface area (Å²) >= 11 is 3.85. The van der Waals surface area contributed by atoms with Crippen LogP contribution < -0.4 is 9.92 Å². The zero-order valence-electron chi connectivity index (χ0n) is 20.0. The topological polar surface area (TPSA) is 20.2 Å². The van der Waals surface area contributed by atoms with Gasteiger partial charge in [0.1, 0.15) is 0 Å². The Balaban J connectivity index is 1.49. The molecule has 2 fully saturated rings. The van der Waals surface area contributed by atoms with Crippen LogP contribution in [0.4, 0.5) is 0 Å². The summed E-state index contributed by atoms with van der Waals surface area (Å²) < 4.78 is 4.17. The van der Waals surface area contributed by atoms with Gasteiger partial charge in [-0.1, -0.05) is 94.5 Å². The van der Waals surface area contributed by atoms with Crippen LogP contribution in [0.3, 0.4) is 0 Å². The smallest absolute Gasteiger partial charge is 0.0980 e. The predicted molar refractivity (Wildman–Crippen MR) is 153 cm³/mol. The van der Waals surface area contributed by atoms with Crippen molar-refractivity contribution in [1.29, 1.82) is 0 Å². The van der Waals surface area contributed by atoms with E-state index in [4.69, 9.17) is 0 Å². The molecule has 2 aromatic carbocycles. The quantitative estimate of drug-likeness (QED) is 0.259. The van der Waals surface area contributed by atoms with Gasteiger partial charge in [-0.3, -0.25) is 0 Å². The Bertz CT molecular complexity index is 1250. The van der Waals surface area contributed by atoms with Gasteiger partial charge in [-0.05, 0) is 53.3 Å². The molecule has 0 aliphatic heterocycles. The molecule has 0 bridgehead atoms. The second-order valence-corrected chi connectivity index (χ2v) is 14.4. The van der Waals surface area contributed by atoms with Crippen LogP contribution in [-0.2, 0) is 12.8 Å². The van der Waals surface area contributed by atoms with E-state index in [9.17, 15) is 4.89 Å². The van der Waals surface area contributed by atoms with Crippen molar-refractivity contribution in [3.8, 4) is 0 Å². The standard InChI is InChI=1S/C30H35OPS2/c31-32(23-14-8-3-9-15-23)28-20-27-24-16-17-33-29(24)25(18-21-10-4-1-5-11-21)26(30(27)34-28)19-22-12-6-2-7-13-22/h3,8-9,14-17,20-22,31H,1-2,4-7,10-13,18-19H2. The molecule has 1 unspecified atom stereocenters. The molecule has 2 aromatic heterocycles. The molecule has 1 atom stereocenters. The molecule has 2 heterocycles. The van der Waals surface area contributed by atoms with Crippen LogP contribution in [0.1, 0.15) is 75.3 Å². The van der Waals surface area contributed by atoms with Crippen LogP contribution in [0.5, 0.6) is 0 Å². The van der Waals surface area contributed by atoms with Crippen molar-refractivity contribution < 1.29 is 4.89 Å². The molecule has 0 amide bonds. The molecule has 6 rings (SSSR count). The van der Waals surface area contributed by atoms with Gasteiger partial charge in [-0.2, -0.15) is 0 Å². The normalized spacial score (nSPS) is 19.2. The molecule has 1 N–H and O–H groups in total. The number of rotatable bonds is 6. The summed E-state index contributed by atoms with van der Waals surface area (Å²) in [6, 6.07) is 15.0. The van der Waals surface area contributed by atoms with E-state index in [2.05, 4.69) is 29.6 Å². The van der Waals surface area contributed by atoms with Crippen molar-refractivity contribution in [2.45, 2.75) is 77.0 Å². The molecular formula is C30H35OPS2. The third-order valence-electron chi connectivity index (χ3n) is 8.23. The fraction of sp³-hybridized carbons (Fsp3) is 0.467. The van der Waals surface area contributed by atoms with E-state index in [0.717, 1.165) is 21.8 Å². The third kappa shape index (κ3) is 4.62. The average molecular weight is 507 g/mol. The number of hydrogen-bond donors (Lipinski definition) is 1. The highest BCUT2D eigenvalue weighted by Crippen LogP contribution is 2.45. The van der Waals surface area contributed by atoms with E-state index >= 15 is 0 Å². The fourth-order valence-electron chi connectivity index (χ4n) is 6.42. The second-order valence-electron chi connectivity index (χ2n) is 10.5. The Labute approximate surface area is 213 Å². The summed E-state index contributed by atoms with van der Waals surface area (Å²) in [7, 11) is -1.29. The van der Waals surface area contributed by atoms with Gasteiger partial charge in [-0.15, -0.1) is 22.7 Å². The first kappa shape index (κ1) is 23.2. The number of fused-ring (bicyclic) bond motifs is 3. The summed E-state index contributed by atoms with van der Waals surface area (Å²) in [6.07, 6.45) is 16.5. The summed E-state index contributed by atoms with van der Waals surface area (Å²) in [4.78, 5) is 11.3. The Morgan fingerprint density at radius 3 is 2.00 bits per heavy atom. The lowest BCUT2D eigenvalue weighted by Gasteiger charge is -2.26. The first-order chi connectivity index (χ1) is 16.8. The summed E-state index contributed by atoms with van der Waals surface area (Å²) in [5, 5.41) is 6.18. The molecular weight excluding hydrogens is 471 g/mol. The van der Waals surface area contributed by atoms with Crippen molar-refractivity contribution in [3.05, 3.63) is 59.0 Å². The maximum Gasteiger partial charge on any atom is 0.0980 e. The minimum atomic E-state index is -1.29.